The molecule has 1 rings (SSSR count). The van der Waals surface area contributed by atoms with Crippen molar-refractivity contribution in [2.24, 2.45) is 0 Å². The highest BCUT2D eigenvalue weighted by Crippen LogP contribution is 2.05. The van der Waals surface area contributed by atoms with Crippen molar-refractivity contribution in [3.05, 3.63) is 17.4 Å². The first-order chi connectivity index (χ1) is 7.76. The minimum Gasteiger partial charge on any atom is -0.383 e. The van der Waals surface area contributed by atoms with Gasteiger partial charge in [-0.2, -0.15) is 10.4 Å². The van der Waals surface area contributed by atoms with Crippen LogP contribution in [0.15, 0.2) is 12.4 Å². The van der Waals surface area contributed by atoms with Gasteiger partial charge in [-0.3, -0.25) is 9.58 Å². The van der Waals surface area contributed by atoms with Crippen molar-refractivity contribution in [3.8, 4) is 6.07 Å². The number of hydrogen-bond acceptors (Lipinski definition) is 4. The van der Waals surface area contributed by atoms with Gasteiger partial charge in [-0.05, 0) is 0 Å². The average Bonchev–Trinajstić information content (AvgIpc) is 2.68. The number of halogens is 1. The van der Waals surface area contributed by atoms with Gasteiger partial charge in [0.15, 0.2) is 0 Å². The normalized spacial score (nSPS) is 10.6. The Morgan fingerprint density at radius 1 is 1.62 bits per heavy atom. The van der Waals surface area contributed by atoms with E-state index < -0.39 is 0 Å². The van der Waals surface area contributed by atoms with E-state index in [1.165, 1.54) is 0 Å². The average molecular weight is 243 g/mol. The van der Waals surface area contributed by atoms with Crippen molar-refractivity contribution in [1.29, 1.82) is 5.26 Å². The van der Waals surface area contributed by atoms with Crippen LogP contribution in [-0.4, -0.2) is 41.5 Å². The van der Waals surface area contributed by atoms with Crippen LogP contribution >= 0.6 is 11.6 Å². The summed E-state index contributed by atoms with van der Waals surface area (Å²) in [6.45, 7) is 2.74. The second-order valence-electron chi connectivity index (χ2n) is 3.36. The van der Waals surface area contributed by atoms with Crippen LogP contribution in [0.25, 0.3) is 0 Å². The molecule has 5 nitrogen and oxygen atoms in total. The molecule has 0 unspecified atom stereocenters. The number of ether oxygens (including phenoxy) is 1. The fourth-order valence-electron chi connectivity index (χ4n) is 1.30. The lowest BCUT2D eigenvalue weighted by Gasteiger charge is -2.20. The smallest absolute Gasteiger partial charge is 0.0930 e. The molecule has 1 aromatic rings. The van der Waals surface area contributed by atoms with Crippen LogP contribution in [0.3, 0.4) is 0 Å². The summed E-state index contributed by atoms with van der Waals surface area (Å²) in [6.07, 6.45) is 3.85. The molecule has 0 aliphatic carbocycles. The molecule has 0 N–H and O–H groups in total. The van der Waals surface area contributed by atoms with Crippen molar-refractivity contribution in [2.75, 3.05) is 26.8 Å². The van der Waals surface area contributed by atoms with E-state index in [1.807, 2.05) is 0 Å². The number of aromatic nitrogens is 2. The van der Waals surface area contributed by atoms with Crippen LogP contribution in [0.1, 0.15) is 6.42 Å². The Kier molecular flexibility index (Phi) is 5.86. The van der Waals surface area contributed by atoms with Crippen molar-refractivity contribution in [1.82, 2.24) is 14.7 Å². The lowest BCUT2D eigenvalue weighted by atomic mass is 10.4. The number of hydrogen-bond donors (Lipinski definition) is 0. The third-order valence-corrected chi connectivity index (χ3v) is 2.29. The summed E-state index contributed by atoms with van der Waals surface area (Å²) in [7, 11) is 1.66. The fourth-order valence-corrected chi connectivity index (χ4v) is 1.46. The maximum absolute atomic E-state index is 8.56. The molecule has 0 aliphatic rings. The zero-order valence-corrected chi connectivity index (χ0v) is 10.0. The lowest BCUT2D eigenvalue weighted by Crippen LogP contribution is -2.30. The highest BCUT2D eigenvalue weighted by molar-refractivity contribution is 6.30. The van der Waals surface area contributed by atoms with Gasteiger partial charge >= 0.3 is 0 Å². The molecule has 1 heterocycles. The van der Waals surface area contributed by atoms with Gasteiger partial charge in [0.1, 0.15) is 0 Å². The van der Waals surface area contributed by atoms with Gasteiger partial charge < -0.3 is 4.74 Å². The molecule has 0 bridgehead atoms. The van der Waals surface area contributed by atoms with E-state index in [-0.39, 0.29) is 0 Å². The van der Waals surface area contributed by atoms with E-state index in [1.54, 1.807) is 24.2 Å². The van der Waals surface area contributed by atoms with Gasteiger partial charge in [-0.25, -0.2) is 0 Å². The monoisotopic (exact) mass is 242 g/mol. The summed E-state index contributed by atoms with van der Waals surface area (Å²) in [6, 6.07) is 2.13. The molecule has 88 valence electrons. The second kappa shape index (κ2) is 7.23. The van der Waals surface area contributed by atoms with Crippen LogP contribution in [0.5, 0.6) is 0 Å². The Hall–Kier alpha value is -1.09. The summed E-state index contributed by atoms with van der Waals surface area (Å²) in [5.74, 6) is 0. The summed E-state index contributed by atoms with van der Waals surface area (Å²) in [5, 5.41) is 13.3. The molecule has 0 aliphatic heterocycles. The molecular weight excluding hydrogens is 228 g/mol. The molecule has 0 amide bonds. The summed E-state index contributed by atoms with van der Waals surface area (Å²) in [5.41, 5.74) is 0. The van der Waals surface area contributed by atoms with Gasteiger partial charge in [0.25, 0.3) is 0 Å². The van der Waals surface area contributed by atoms with E-state index in [2.05, 4.69) is 16.1 Å². The fraction of sp³-hybridized carbons (Fsp3) is 0.600. The third-order valence-electron chi connectivity index (χ3n) is 2.10. The highest BCUT2D eigenvalue weighted by Gasteiger charge is 2.05. The molecule has 0 atom stereocenters. The number of nitriles is 1. The Balaban J connectivity index is 2.45. The maximum atomic E-state index is 8.56. The highest BCUT2D eigenvalue weighted by atomic mass is 35.5. The minimum atomic E-state index is 0.499. The van der Waals surface area contributed by atoms with Crippen LogP contribution in [-0.2, 0) is 11.4 Å². The van der Waals surface area contributed by atoms with Gasteiger partial charge in [0.05, 0.1) is 30.6 Å². The Labute approximate surface area is 100 Å². The van der Waals surface area contributed by atoms with E-state index in [0.717, 1.165) is 6.54 Å². The van der Waals surface area contributed by atoms with E-state index >= 15 is 0 Å². The van der Waals surface area contributed by atoms with Crippen molar-refractivity contribution < 1.29 is 4.74 Å². The van der Waals surface area contributed by atoms with Gasteiger partial charge in [-0.1, -0.05) is 11.6 Å². The number of nitrogens with zero attached hydrogens (tertiary/aromatic N) is 4. The quantitative estimate of drug-likeness (QED) is 0.725. The van der Waals surface area contributed by atoms with Gasteiger partial charge in [0, 0.05) is 32.8 Å². The first kappa shape index (κ1) is 13.0. The van der Waals surface area contributed by atoms with E-state index in [4.69, 9.17) is 21.6 Å². The van der Waals surface area contributed by atoms with Crippen molar-refractivity contribution >= 4 is 11.6 Å². The molecule has 0 radical (unpaired) electrons. The largest absolute Gasteiger partial charge is 0.383 e. The summed E-state index contributed by atoms with van der Waals surface area (Å²) >= 11 is 5.77. The SMILES string of the molecule is COCCN(CCC#N)Cn1cc(Cl)cn1. The van der Waals surface area contributed by atoms with Gasteiger partial charge in [-0.15, -0.1) is 0 Å². The molecule has 1 aromatic heterocycles. The summed E-state index contributed by atoms with van der Waals surface area (Å²) in [4.78, 5) is 2.09. The number of rotatable bonds is 7. The van der Waals surface area contributed by atoms with Crippen LogP contribution in [0.2, 0.25) is 5.02 Å². The predicted molar refractivity (Wildman–Crippen MR) is 60.9 cm³/mol. The zero-order valence-electron chi connectivity index (χ0n) is 9.27. The van der Waals surface area contributed by atoms with Gasteiger partial charge in [0.2, 0.25) is 0 Å². The third kappa shape index (κ3) is 4.62. The topological polar surface area (TPSA) is 54.1 Å². The molecule has 0 aromatic carbocycles. The van der Waals surface area contributed by atoms with E-state index in [9.17, 15) is 0 Å². The molecule has 6 heteroatoms. The molecule has 16 heavy (non-hydrogen) atoms. The lowest BCUT2D eigenvalue weighted by molar-refractivity contribution is 0.127. The standard InChI is InChI=1S/C10H15ClN4O/c1-16-6-5-14(4-2-3-12)9-15-8-10(11)7-13-15/h7-8H,2,4-6,9H2,1H3. The number of methoxy groups -OCH3 is 1. The molecule has 0 saturated heterocycles. The minimum absolute atomic E-state index is 0.499. The first-order valence-corrected chi connectivity index (χ1v) is 5.40. The zero-order chi connectivity index (χ0) is 11.8. The molecule has 0 spiro atoms. The van der Waals surface area contributed by atoms with E-state index in [0.29, 0.717) is 31.3 Å². The predicted octanol–water partition coefficient (Wildman–Crippen LogP) is 1.36. The van der Waals surface area contributed by atoms with Crippen LogP contribution < -0.4 is 0 Å². The molecule has 0 fully saturated rings. The van der Waals surface area contributed by atoms with Crippen molar-refractivity contribution in [3.63, 3.8) is 0 Å². The molecular formula is C10H15ClN4O. The Morgan fingerprint density at radius 3 is 3.00 bits per heavy atom. The van der Waals surface area contributed by atoms with Crippen LogP contribution in [0.4, 0.5) is 0 Å². The van der Waals surface area contributed by atoms with Crippen LogP contribution in [0, 0.1) is 11.3 Å². The molecule has 0 saturated carbocycles. The Bertz CT molecular complexity index is 347. The Morgan fingerprint density at radius 2 is 2.44 bits per heavy atom. The maximum Gasteiger partial charge on any atom is 0.0930 e. The van der Waals surface area contributed by atoms with Crippen molar-refractivity contribution in [2.45, 2.75) is 13.1 Å². The summed E-state index contributed by atoms with van der Waals surface area (Å²) < 4.78 is 6.76. The second-order valence-corrected chi connectivity index (χ2v) is 3.79. The first-order valence-electron chi connectivity index (χ1n) is 5.02.